The Morgan fingerprint density at radius 1 is 1.24 bits per heavy atom. The number of amides is 1. The second-order valence-corrected chi connectivity index (χ2v) is 8.33. The van der Waals surface area contributed by atoms with Crippen molar-refractivity contribution < 1.29 is 14.7 Å². The Kier molecular flexibility index (Phi) is 4.84. The second-order valence-electron chi connectivity index (χ2n) is 7.20. The summed E-state index contributed by atoms with van der Waals surface area (Å²) in [4.78, 5) is 27.8. The van der Waals surface area contributed by atoms with Crippen LogP contribution in [0.3, 0.4) is 0 Å². The number of rotatable bonds is 4. The fourth-order valence-corrected chi connectivity index (χ4v) is 5.60. The number of nitrogens with zero attached hydrogens (tertiary/aromatic N) is 1. The fraction of sp³-hybridized carbons (Fsp3) is 0.579. The molecule has 4 rings (SSSR count). The van der Waals surface area contributed by atoms with Gasteiger partial charge >= 0.3 is 0 Å². The van der Waals surface area contributed by atoms with E-state index in [0.717, 1.165) is 25.7 Å². The van der Waals surface area contributed by atoms with E-state index in [1.807, 2.05) is 12.1 Å². The molecule has 0 saturated carbocycles. The topological polar surface area (TPSA) is 69.6 Å². The highest BCUT2D eigenvalue weighted by molar-refractivity contribution is 8.00. The van der Waals surface area contributed by atoms with Crippen LogP contribution in [-0.4, -0.2) is 58.1 Å². The average molecular weight is 360 g/mol. The summed E-state index contributed by atoms with van der Waals surface area (Å²) in [6.07, 6.45) is 3.35. The number of carbonyl (C=O) groups is 2. The number of nitrogens with one attached hydrogen (secondary N) is 1. The predicted molar refractivity (Wildman–Crippen MR) is 97.3 cm³/mol. The van der Waals surface area contributed by atoms with E-state index in [4.69, 9.17) is 0 Å². The lowest BCUT2D eigenvalue weighted by molar-refractivity contribution is -0.136. The van der Waals surface area contributed by atoms with Gasteiger partial charge in [0.2, 0.25) is 5.91 Å². The molecule has 0 aromatic heterocycles. The van der Waals surface area contributed by atoms with E-state index < -0.39 is 6.04 Å². The molecule has 1 amide bonds. The Hall–Kier alpha value is -1.37. The minimum atomic E-state index is -0.451. The summed E-state index contributed by atoms with van der Waals surface area (Å²) in [6, 6.07) is 7.70. The number of benzene rings is 1. The van der Waals surface area contributed by atoms with Crippen LogP contribution in [0.4, 0.5) is 0 Å². The molecule has 2 heterocycles. The number of hydrogen-bond donors (Lipinski definition) is 2. The lowest BCUT2D eigenvalue weighted by Gasteiger charge is -2.28. The van der Waals surface area contributed by atoms with Crippen molar-refractivity contribution >= 4 is 23.5 Å². The molecular formula is C19H24N2O3S. The molecule has 0 bridgehead atoms. The maximum absolute atomic E-state index is 13.1. The Morgan fingerprint density at radius 2 is 1.96 bits per heavy atom. The molecule has 0 radical (unpaired) electrons. The maximum Gasteiger partial charge on any atom is 0.241 e. The molecule has 2 aliphatic heterocycles. The number of aliphatic hydroxyl groups excluding tert-OH is 1. The van der Waals surface area contributed by atoms with Gasteiger partial charge in [-0.05, 0) is 36.8 Å². The first kappa shape index (κ1) is 17.1. The van der Waals surface area contributed by atoms with E-state index in [1.54, 1.807) is 16.7 Å². The van der Waals surface area contributed by atoms with Gasteiger partial charge in [-0.15, -0.1) is 11.8 Å². The predicted octanol–water partition coefficient (Wildman–Crippen LogP) is 0.985. The minimum Gasteiger partial charge on any atom is -0.394 e. The maximum atomic E-state index is 13.1. The van der Waals surface area contributed by atoms with E-state index in [2.05, 4.69) is 17.4 Å². The summed E-state index contributed by atoms with van der Waals surface area (Å²) in [5, 5.41) is 12.4. The van der Waals surface area contributed by atoms with Gasteiger partial charge in [0.25, 0.3) is 0 Å². The van der Waals surface area contributed by atoms with Crippen LogP contribution in [0.1, 0.15) is 24.0 Å². The lowest BCUT2D eigenvalue weighted by atomic mass is 9.94. The third kappa shape index (κ3) is 3.11. The first-order chi connectivity index (χ1) is 12.2. The van der Waals surface area contributed by atoms with Crippen LogP contribution in [0, 0.1) is 5.92 Å². The summed E-state index contributed by atoms with van der Waals surface area (Å²) in [6.45, 7) is 0.685. The molecule has 1 aliphatic carbocycles. The van der Waals surface area contributed by atoms with Crippen LogP contribution < -0.4 is 5.32 Å². The van der Waals surface area contributed by atoms with Gasteiger partial charge in [0, 0.05) is 18.3 Å². The largest absolute Gasteiger partial charge is 0.394 e. The van der Waals surface area contributed by atoms with Crippen LogP contribution in [-0.2, 0) is 22.4 Å². The molecule has 0 spiro atoms. The van der Waals surface area contributed by atoms with Crippen molar-refractivity contribution in [3.8, 4) is 0 Å². The highest BCUT2D eigenvalue weighted by atomic mass is 32.2. The van der Waals surface area contributed by atoms with Gasteiger partial charge in [0.1, 0.15) is 6.04 Å². The molecule has 1 aromatic rings. The summed E-state index contributed by atoms with van der Waals surface area (Å²) < 4.78 is 0. The Morgan fingerprint density at radius 3 is 2.64 bits per heavy atom. The molecule has 3 aliphatic rings. The molecule has 6 heteroatoms. The van der Waals surface area contributed by atoms with Gasteiger partial charge < -0.3 is 10.0 Å². The fourth-order valence-electron chi connectivity index (χ4n) is 4.38. The zero-order valence-electron chi connectivity index (χ0n) is 14.2. The minimum absolute atomic E-state index is 0.00213. The van der Waals surface area contributed by atoms with Crippen molar-refractivity contribution in [3.63, 3.8) is 0 Å². The Bertz CT molecular complexity index is 655. The first-order valence-electron chi connectivity index (χ1n) is 9.06. The molecule has 2 saturated heterocycles. The SMILES string of the molecule is O=C(C1Cc2ccccc2C1)C1SCN[C@@H]1C(=O)N1CCC[C@H]1CO. The zero-order valence-corrected chi connectivity index (χ0v) is 15.0. The highest BCUT2D eigenvalue weighted by Crippen LogP contribution is 2.33. The number of carbonyl (C=O) groups excluding carboxylic acids is 2. The van der Waals surface area contributed by atoms with Crippen LogP contribution in [0.25, 0.3) is 0 Å². The van der Waals surface area contributed by atoms with Crippen LogP contribution in [0.2, 0.25) is 0 Å². The first-order valence-corrected chi connectivity index (χ1v) is 10.1. The summed E-state index contributed by atoms with van der Waals surface area (Å²) in [5.41, 5.74) is 2.53. The van der Waals surface area contributed by atoms with Crippen molar-refractivity contribution in [2.75, 3.05) is 19.0 Å². The number of thioether (sulfide) groups is 1. The molecule has 25 heavy (non-hydrogen) atoms. The van der Waals surface area contributed by atoms with E-state index in [0.29, 0.717) is 12.4 Å². The average Bonchev–Trinajstić information content (AvgIpc) is 3.38. The van der Waals surface area contributed by atoms with Crippen LogP contribution in [0.15, 0.2) is 24.3 Å². The molecule has 1 aromatic carbocycles. The highest BCUT2D eigenvalue weighted by Gasteiger charge is 2.45. The van der Waals surface area contributed by atoms with E-state index in [1.165, 1.54) is 11.1 Å². The van der Waals surface area contributed by atoms with Crippen molar-refractivity contribution in [2.24, 2.45) is 5.92 Å². The molecule has 2 N–H and O–H groups in total. The second kappa shape index (κ2) is 7.09. The van der Waals surface area contributed by atoms with Gasteiger partial charge in [0.15, 0.2) is 5.78 Å². The number of Topliss-reactive ketones (excluding diaryl/α,β-unsaturated/α-hetero) is 1. The van der Waals surface area contributed by atoms with E-state index in [9.17, 15) is 14.7 Å². The van der Waals surface area contributed by atoms with Gasteiger partial charge in [-0.25, -0.2) is 0 Å². The molecule has 1 unspecified atom stereocenters. The zero-order chi connectivity index (χ0) is 17.4. The summed E-state index contributed by atoms with van der Waals surface area (Å²) in [7, 11) is 0. The number of fused-ring (bicyclic) bond motifs is 1. The molecular weight excluding hydrogens is 336 g/mol. The number of aliphatic hydroxyl groups is 1. The van der Waals surface area contributed by atoms with Gasteiger partial charge in [-0.2, -0.15) is 0 Å². The summed E-state index contributed by atoms with van der Waals surface area (Å²) in [5.74, 6) is 0.793. The Balaban J connectivity index is 1.46. The monoisotopic (exact) mass is 360 g/mol. The Labute approximate surface area is 152 Å². The molecule has 2 fully saturated rings. The lowest BCUT2D eigenvalue weighted by Crippen LogP contribution is -2.52. The molecule has 3 atom stereocenters. The van der Waals surface area contributed by atoms with Crippen molar-refractivity contribution in [2.45, 2.75) is 43.0 Å². The quantitative estimate of drug-likeness (QED) is 0.838. The van der Waals surface area contributed by atoms with Gasteiger partial charge in [-0.3, -0.25) is 14.9 Å². The third-order valence-electron chi connectivity index (χ3n) is 5.74. The molecule has 134 valence electrons. The van der Waals surface area contributed by atoms with E-state index >= 15 is 0 Å². The normalized spacial score (nSPS) is 29.2. The van der Waals surface area contributed by atoms with Crippen LogP contribution in [0.5, 0.6) is 0 Å². The smallest absolute Gasteiger partial charge is 0.241 e. The summed E-state index contributed by atoms with van der Waals surface area (Å²) >= 11 is 1.55. The van der Waals surface area contributed by atoms with Gasteiger partial charge in [-0.1, -0.05) is 24.3 Å². The third-order valence-corrected chi connectivity index (χ3v) is 6.94. The van der Waals surface area contributed by atoms with Crippen molar-refractivity contribution in [3.05, 3.63) is 35.4 Å². The number of hydrogen-bond acceptors (Lipinski definition) is 5. The van der Waals surface area contributed by atoms with Crippen LogP contribution >= 0.6 is 11.8 Å². The standard InChI is InChI=1S/C19H24N2O3S/c22-10-15-6-3-7-21(15)19(24)16-18(25-11-20-16)17(23)14-8-12-4-1-2-5-13(12)9-14/h1-2,4-5,14-16,18,20,22H,3,6-11H2/t15-,16-,18?/m0/s1. The molecule has 5 nitrogen and oxygen atoms in total. The van der Waals surface area contributed by atoms with Gasteiger partial charge in [0.05, 0.1) is 17.9 Å². The van der Waals surface area contributed by atoms with Crippen molar-refractivity contribution in [1.82, 2.24) is 10.2 Å². The number of likely N-dealkylation sites (tertiary alicyclic amines) is 1. The van der Waals surface area contributed by atoms with Crippen molar-refractivity contribution in [1.29, 1.82) is 0 Å². The number of ketones is 1. The van der Waals surface area contributed by atoms with E-state index in [-0.39, 0.29) is 35.5 Å².